The molecule has 0 fully saturated rings. The average Bonchev–Trinajstić information content (AvgIpc) is 2.19. The third-order valence-corrected chi connectivity index (χ3v) is 5.47. The summed E-state index contributed by atoms with van der Waals surface area (Å²) >= 11 is 0. The van der Waals surface area contributed by atoms with Crippen molar-refractivity contribution in [3.05, 3.63) is 30.3 Å². The number of nitrogens with one attached hydrogen (secondary N) is 1. The van der Waals surface area contributed by atoms with Gasteiger partial charge in [-0.2, -0.15) is 0 Å². The lowest BCUT2D eigenvalue weighted by molar-refractivity contribution is 0.770. The molecule has 0 amide bonds. The van der Waals surface area contributed by atoms with Gasteiger partial charge >= 0.3 is 0 Å². The Morgan fingerprint density at radius 3 is 2.33 bits per heavy atom. The highest BCUT2D eigenvalue weighted by molar-refractivity contribution is 6.89. The molecule has 2 nitrogen and oxygen atoms in total. The molecule has 1 aromatic carbocycles. The van der Waals surface area contributed by atoms with Gasteiger partial charge in [0, 0.05) is 13.1 Å². The second kappa shape index (κ2) is 7.01. The van der Waals surface area contributed by atoms with Crippen molar-refractivity contribution in [1.29, 1.82) is 0 Å². The molecule has 15 heavy (non-hydrogen) atoms. The number of rotatable bonds is 5. The Morgan fingerprint density at radius 1 is 1.20 bits per heavy atom. The molecule has 0 radical (unpaired) electrons. The minimum Gasteiger partial charge on any atom is -0.329 e. The summed E-state index contributed by atoms with van der Waals surface area (Å²) in [5.74, 6) is 0. The highest BCUT2D eigenvalue weighted by Gasteiger charge is 2.21. The molecular formula is C11H21ClN2Si. The maximum atomic E-state index is 5.45. The number of benzene rings is 1. The summed E-state index contributed by atoms with van der Waals surface area (Å²) in [4.78, 5) is 0. The molecule has 0 atom stereocenters. The Bertz CT molecular complexity index is 265. The highest BCUT2D eigenvalue weighted by Crippen LogP contribution is 2.01. The first-order valence-electron chi connectivity index (χ1n) is 5.13. The Balaban J connectivity index is 0.00000196. The zero-order chi connectivity index (χ0) is 10.4. The zero-order valence-corrected chi connectivity index (χ0v) is 11.3. The lowest BCUT2D eigenvalue weighted by Crippen LogP contribution is -2.51. The molecule has 0 aliphatic heterocycles. The average molecular weight is 245 g/mol. The molecule has 0 spiro atoms. The quantitative estimate of drug-likeness (QED) is 0.602. The van der Waals surface area contributed by atoms with Gasteiger partial charge in [-0.25, -0.2) is 0 Å². The minimum absolute atomic E-state index is 0. The van der Waals surface area contributed by atoms with E-state index in [1.807, 2.05) is 0 Å². The fraction of sp³-hybridized carbons (Fsp3) is 0.455. The molecule has 0 heterocycles. The predicted molar refractivity (Wildman–Crippen MR) is 72.7 cm³/mol. The van der Waals surface area contributed by atoms with E-state index in [4.69, 9.17) is 5.73 Å². The number of hydrogen-bond donors (Lipinski definition) is 2. The van der Waals surface area contributed by atoms with E-state index in [9.17, 15) is 0 Å². The highest BCUT2D eigenvalue weighted by atomic mass is 35.5. The summed E-state index contributed by atoms with van der Waals surface area (Å²) in [6.45, 7) is 6.40. The van der Waals surface area contributed by atoms with Gasteiger partial charge in [0.1, 0.15) is 0 Å². The van der Waals surface area contributed by atoms with Crippen molar-refractivity contribution in [3.8, 4) is 0 Å². The van der Waals surface area contributed by atoms with Crippen LogP contribution in [0.3, 0.4) is 0 Å². The second-order valence-corrected chi connectivity index (χ2v) is 8.91. The Labute approximate surface area is 99.7 Å². The largest absolute Gasteiger partial charge is 0.329 e. The number of hydrogen-bond acceptors (Lipinski definition) is 2. The summed E-state index contributed by atoms with van der Waals surface area (Å²) in [5.41, 5.74) is 5.45. The van der Waals surface area contributed by atoms with E-state index < -0.39 is 8.07 Å². The summed E-state index contributed by atoms with van der Waals surface area (Å²) in [5, 5.41) is 4.91. The first-order valence-corrected chi connectivity index (χ1v) is 8.34. The van der Waals surface area contributed by atoms with Crippen LogP contribution >= 0.6 is 12.4 Å². The summed E-state index contributed by atoms with van der Waals surface area (Å²) < 4.78 is 0. The molecule has 1 aromatic rings. The van der Waals surface area contributed by atoms with Gasteiger partial charge in [-0.1, -0.05) is 48.6 Å². The third-order valence-electron chi connectivity index (χ3n) is 2.44. The van der Waals surface area contributed by atoms with Gasteiger partial charge in [-0.05, 0) is 6.17 Å². The number of halogens is 1. The maximum absolute atomic E-state index is 5.45. The van der Waals surface area contributed by atoms with Gasteiger partial charge in [0.25, 0.3) is 0 Å². The summed E-state index contributed by atoms with van der Waals surface area (Å²) in [7, 11) is -1.28. The maximum Gasteiger partial charge on any atom is 0.0945 e. The summed E-state index contributed by atoms with van der Waals surface area (Å²) in [6, 6.07) is 10.8. The van der Waals surface area contributed by atoms with Crippen LogP contribution in [0, 0.1) is 0 Å². The SMILES string of the molecule is C[Si](C)(CNCCN)c1ccccc1.Cl. The van der Waals surface area contributed by atoms with E-state index in [0.29, 0.717) is 0 Å². The van der Waals surface area contributed by atoms with Crippen LogP contribution in [0.1, 0.15) is 0 Å². The van der Waals surface area contributed by atoms with Crippen LogP contribution in [0.25, 0.3) is 0 Å². The van der Waals surface area contributed by atoms with Crippen molar-refractivity contribution in [1.82, 2.24) is 5.32 Å². The Morgan fingerprint density at radius 2 is 1.80 bits per heavy atom. The molecule has 0 saturated carbocycles. The third kappa shape index (κ3) is 4.80. The molecule has 1 rings (SSSR count). The smallest absolute Gasteiger partial charge is 0.0945 e. The van der Waals surface area contributed by atoms with E-state index in [0.717, 1.165) is 19.3 Å². The van der Waals surface area contributed by atoms with E-state index in [1.165, 1.54) is 5.19 Å². The second-order valence-electron chi connectivity index (χ2n) is 4.22. The van der Waals surface area contributed by atoms with Gasteiger partial charge in [-0.3, -0.25) is 0 Å². The summed E-state index contributed by atoms with van der Waals surface area (Å²) in [6.07, 6.45) is 1.11. The van der Waals surface area contributed by atoms with Gasteiger partial charge in [0.15, 0.2) is 0 Å². The molecule has 86 valence electrons. The van der Waals surface area contributed by atoms with Crippen molar-refractivity contribution < 1.29 is 0 Å². The van der Waals surface area contributed by atoms with E-state index in [1.54, 1.807) is 0 Å². The molecule has 0 aromatic heterocycles. The van der Waals surface area contributed by atoms with E-state index in [-0.39, 0.29) is 12.4 Å². The van der Waals surface area contributed by atoms with Crippen LogP contribution < -0.4 is 16.2 Å². The standard InChI is InChI=1S/C11H20N2Si.ClH/c1-14(2,10-13-9-8-12)11-6-4-3-5-7-11;/h3-7,13H,8-10,12H2,1-2H3;1H. The molecule has 3 N–H and O–H groups in total. The monoisotopic (exact) mass is 244 g/mol. The van der Waals surface area contributed by atoms with Crippen molar-refractivity contribution in [3.63, 3.8) is 0 Å². The molecule has 0 unspecified atom stereocenters. The first kappa shape index (κ1) is 14.6. The van der Waals surface area contributed by atoms with Gasteiger partial charge in [0.05, 0.1) is 8.07 Å². The topological polar surface area (TPSA) is 38.0 Å². The molecule has 0 aliphatic rings. The van der Waals surface area contributed by atoms with Gasteiger partial charge < -0.3 is 11.1 Å². The number of nitrogens with two attached hydrogens (primary N) is 1. The molecule has 0 saturated heterocycles. The van der Waals surface area contributed by atoms with Crippen LogP contribution in [-0.2, 0) is 0 Å². The van der Waals surface area contributed by atoms with Crippen LogP contribution in [0.2, 0.25) is 13.1 Å². The molecular weight excluding hydrogens is 224 g/mol. The normalized spacial score (nSPS) is 10.9. The molecule has 4 heteroatoms. The predicted octanol–water partition coefficient (Wildman–Crippen LogP) is 1.11. The van der Waals surface area contributed by atoms with Crippen LogP contribution in [0.15, 0.2) is 30.3 Å². The lowest BCUT2D eigenvalue weighted by Gasteiger charge is -2.23. The van der Waals surface area contributed by atoms with Gasteiger partial charge in [0.2, 0.25) is 0 Å². The zero-order valence-electron chi connectivity index (χ0n) is 9.49. The first-order chi connectivity index (χ1) is 6.67. The van der Waals surface area contributed by atoms with Crippen LogP contribution in [0.5, 0.6) is 0 Å². The fourth-order valence-electron chi connectivity index (χ4n) is 1.49. The van der Waals surface area contributed by atoms with Crippen molar-refractivity contribution in [2.75, 3.05) is 19.3 Å². The van der Waals surface area contributed by atoms with Crippen molar-refractivity contribution in [2.24, 2.45) is 5.73 Å². The van der Waals surface area contributed by atoms with Crippen molar-refractivity contribution in [2.45, 2.75) is 13.1 Å². The van der Waals surface area contributed by atoms with Crippen molar-refractivity contribution >= 4 is 25.7 Å². The van der Waals surface area contributed by atoms with E-state index >= 15 is 0 Å². The Hall–Kier alpha value is -0.353. The van der Waals surface area contributed by atoms with Crippen LogP contribution in [-0.4, -0.2) is 27.3 Å². The fourth-order valence-corrected chi connectivity index (χ4v) is 3.60. The minimum atomic E-state index is -1.28. The molecule has 0 aliphatic carbocycles. The Kier molecular flexibility index (Phi) is 6.84. The van der Waals surface area contributed by atoms with E-state index in [2.05, 4.69) is 48.7 Å². The van der Waals surface area contributed by atoms with Crippen LogP contribution in [0.4, 0.5) is 0 Å². The van der Waals surface area contributed by atoms with Gasteiger partial charge in [-0.15, -0.1) is 12.4 Å². The lowest BCUT2D eigenvalue weighted by atomic mass is 10.4. The molecule has 0 bridgehead atoms.